The number of anilines is 1. The standard InChI is InChI=1S/C20H23N3O5S2/c1-13-5-3-4-6-16(13)22-18(24)12-29-20-21-11-17(19(25)23-20)30(26,27)15-9-7-14(28-2)8-10-15/h3-10,17,20-21H,11-12H2,1-2H3,(H,22,24)(H,23,25). The molecule has 30 heavy (non-hydrogen) atoms. The van der Waals surface area contributed by atoms with E-state index in [1.165, 1.54) is 43.1 Å². The van der Waals surface area contributed by atoms with Crippen molar-refractivity contribution < 1.29 is 22.7 Å². The van der Waals surface area contributed by atoms with E-state index in [-0.39, 0.29) is 23.1 Å². The van der Waals surface area contributed by atoms with E-state index in [1.54, 1.807) is 0 Å². The molecule has 1 aliphatic heterocycles. The van der Waals surface area contributed by atoms with Gasteiger partial charge in [-0.3, -0.25) is 14.9 Å². The Morgan fingerprint density at radius 1 is 1.20 bits per heavy atom. The second-order valence-electron chi connectivity index (χ2n) is 6.68. The quantitative estimate of drug-likeness (QED) is 0.587. The summed E-state index contributed by atoms with van der Waals surface area (Å²) in [5.41, 5.74) is 1.13. The van der Waals surface area contributed by atoms with Gasteiger partial charge in [-0.05, 0) is 42.8 Å². The number of rotatable bonds is 7. The third-order valence-electron chi connectivity index (χ3n) is 4.62. The number of hydrogen-bond donors (Lipinski definition) is 3. The van der Waals surface area contributed by atoms with Crippen molar-refractivity contribution in [3.63, 3.8) is 0 Å². The smallest absolute Gasteiger partial charge is 0.241 e. The molecule has 0 bridgehead atoms. The van der Waals surface area contributed by atoms with Crippen molar-refractivity contribution in [2.24, 2.45) is 0 Å². The van der Waals surface area contributed by atoms with Crippen molar-refractivity contribution >= 4 is 39.1 Å². The highest BCUT2D eigenvalue weighted by Crippen LogP contribution is 2.22. The van der Waals surface area contributed by atoms with Gasteiger partial charge in [0.2, 0.25) is 11.8 Å². The molecule has 160 valence electrons. The second kappa shape index (κ2) is 9.50. The van der Waals surface area contributed by atoms with Crippen molar-refractivity contribution in [1.82, 2.24) is 10.6 Å². The summed E-state index contributed by atoms with van der Waals surface area (Å²) in [6.07, 6.45) is 0. The largest absolute Gasteiger partial charge is 0.497 e. The van der Waals surface area contributed by atoms with E-state index in [2.05, 4.69) is 16.0 Å². The molecule has 1 fully saturated rings. The topological polar surface area (TPSA) is 114 Å². The summed E-state index contributed by atoms with van der Waals surface area (Å²) in [6, 6.07) is 13.3. The Morgan fingerprint density at radius 3 is 2.53 bits per heavy atom. The molecule has 3 rings (SSSR count). The Morgan fingerprint density at radius 2 is 1.90 bits per heavy atom. The Kier molecular flexibility index (Phi) is 7.01. The van der Waals surface area contributed by atoms with E-state index in [1.807, 2.05) is 31.2 Å². The molecular formula is C20H23N3O5S2. The zero-order valence-electron chi connectivity index (χ0n) is 16.5. The molecule has 0 saturated carbocycles. The van der Waals surface area contributed by atoms with E-state index >= 15 is 0 Å². The minimum absolute atomic E-state index is 0.0444. The summed E-state index contributed by atoms with van der Waals surface area (Å²) in [7, 11) is -2.37. The highest BCUT2D eigenvalue weighted by Gasteiger charge is 2.38. The fourth-order valence-electron chi connectivity index (χ4n) is 2.92. The summed E-state index contributed by atoms with van der Waals surface area (Å²) in [6.45, 7) is 1.85. The van der Waals surface area contributed by atoms with Crippen LogP contribution in [0.15, 0.2) is 53.4 Å². The number of benzene rings is 2. The number of thioether (sulfide) groups is 1. The van der Waals surface area contributed by atoms with E-state index in [9.17, 15) is 18.0 Å². The number of sulfone groups is 1. The molecule has 3 N–H and O–H groups in total. The maximum atomic E-state index is 12.8. The van der Waals surface area contributed by atoms with Gasteiger partial charge in [0.15, 0.2) is 15.1 Å². The molecule has 2 atom stereocenters. The van der Waals surface area contributed by atoms with Gasteiger partial charge in [0.25, 0.3) is 0 Å². The van der Waals surface area contributed by atoms with Crippen LogP contribution in [0.2, 0.25) is 0 Å². The van der Waals surface area contributed by atoms with Crippen LogP contribution < -0.4 is 20.7 Å². The molecule has 0 spiro atoms. The normalized spacial score (nSPS) is 19.1. The summed E-state index contributed by atoms with van der Waals surface area (Å²) in [5.74, 6) is -0.178. The van der Waals surface area contributed by atoms with Crippen LogP contribution in [0.25, 0.3) is 0 Å². The fourth-order valence-corrected chi connectivity index (χ4v) is 5.23. The lowest BCUT2D eigenvalue weighted by atomic mass is 10.2. The molecule has 0 aliphatic carbocycles. The molecule has 10 heteroatoms. The Bertz CT molecular complexity index is 1020. The van der Waals surface area contributed by atoms with Gasteiger partial charge in [0, 0.05) is 12.2 Å². The number of aryl methyl sites for hydroxylation is 1. The van der Waals surface area contributed by atoms with Crippen LogP contribution in [0, 0.1) is 6.92 Å². The SMILES string of the molecule is COc1ccc(S(=O)(=O)C2CNC(SCC(=O)Nc3ccccc3C)NC2=O)cc1. The van der Waals surface area contributed by atoms with Crippen LogP contribution in [-0.4, -0.2) is 50.4 Å². The lowest BCUT2D eigenvalue weighted by Crippen LogP contribution is -2.59. The number of amides is 2. The first-order chi connectivity index (χ1) is 14.3. The summed E-state index contributed by atoms with van der Waals surface area (Å²) in [4.78, 5) is 24.7. The average molecular weight is 450 g/mol. The number of carbonyl (C=O) groups is 2. The zero-order chi connectivity index (χ0) is 21.7. The van der Waals surface area contributed by atoms with Gasteiger partial charge in [-0.25, -0.2) is 8.42 Å². The molecule has 2 unspecified atom stereocenters. The van der Waals surface area contributed by atoms with Crippen LogP contribution in [0.1, 0.15) is 5.56 Å². The van der Waals surface area contributed by atoms with E-state index in [0.29, 0.717) is 5.75 Å². The Labute approximate surface area is 179 Å². The van der Waals surface area contributed by atoms with Crippen molar-refractivity contribution in [2.45, 2.75) is 22.6 Å². The van der Waals surface area contributed by atoms with Gasteiger partial charge in [0.05, 0.1) is 17.8 Å². The zero-order valence-corrected chi connectivity index (χ0v) is 18.2. The van der Waals surface area contributed by atoms with Gasteiger partial charge < -0.3 is 15.4 Å². The molecular weight excluding hydrogens is 426 g/mol. The van der Waals surface area contributed by atoms with Crippen molar-refractivity contribution in [1.29, 1.82) is 0 Å². The first-order valence-electron chi connectivity index (χ1n) is 9.20. The lowest BCUT2D eigenvalue weighted by molar-refractivity contribution is -0.122. The Balaban J connectivity index is 1.55. The maximum Gasteiger partial charge on any atom is 0.241 e. The van der Waals surface area contributed by atoms with Gasteiger partial charge >= 0.3 is 0 Å². The molecule has 2 aromatic carbocycles. The predicted octanol–water partition coefficient (Wildman–Crippen LogP) is 1.52. The van der Waals surface area contributed by atoms with Crippen LogP contribution >= 0.6 is 11.8 Å². The monoisotopic (exact) mass is 449 g/mol. The van der Waals surface area contributed by atoms with Gasteiger partial charge in [0.1, 0.15) is 11.2 Å². The molecule has 0 aromatic heterocycles. The van der Waals surface area contributed by atoms with Gasteiger partial charge in [-0.15, -0.1) is 11.8 Å². The molecule has 2 amide bonds. The lowest BCUT2D eigenvalue weighted by Gasteiger charge is -2.29. The van der Waals surface area contributed by atoms with Gasteiger partial charge in [-0.2, -0.15) is 0 Å². The van der Waals surface area contributed by atoms with E-state index in [0.717, 1.165) is 11.3 Å². The number of hydrogen-bond acceptors (Lipinski definition) is 7. The number of para-hydroxylation sites is 1. The maximum absolute atomic E-state index is 12.8. The van der Waals surface area contributed by atoms with E-state index < -0.39 is 26.5 Å². The number of carbonyl (C=O) groups excluding carboxylic acids is 2. The van der Waals surface area contributed by atoms with E-state index in [4.69, 9.17) is 4.74 Å². The molecule has 8 nitrogen and oxygen atoms in total. The molecule has 0 radical (unpaired) electrons. The molecule has 1 heterocycles. The molecule has 1 aliphatic rings. The van der Waals surface area contributed by atoms with Crippen molar-refractivity contribution in [3.8, 4) is 5.75 Å². The van der Waals surface area contributed by atoms with Gasteiger partial charge in [-0.1, -0.05) is 18.2 Å². The van der Waals surface area contributed by atoms with Crippen LogP contribution in [0.4, 0.5) is 5.69 Å². The number of methoxy groups -OCH3 is 1. The average Bonchev–Trinajstić information content (AvgIpc) is 2.74. The summed E-state index contributed by atoms with van der Waals surface area (Å²) >= 11 is 1.18. The van der Waals surface area contributed by atoms with Crippen molar-refractivity contribution in [2.75, 3.05) is 24.7 Å². The highest BCUT2D eigenvalue weighted by molar-refractivity contribution is 8.00. The predicted molar refractivity (Wildman–Crippen MR) is 116 cm³/mol. The first kappa shape index (κ1) is 22.1. The van der Waals surface area contributed by atoms with Crippen LogP contribution in [-0.2, 0) is 19.4 Å². The fraction of sp³-hybridized carbons (Fsp3) is 0.300. The number of nitrogens with one attached hydrogen (secondary N) is 3. The Hall–Kier alpha value is -2.56. The highest BCUT2D eigenvalue weighted by atomic mass is 32.2. The molecule has 1 saturated heterocycles. The van der Waals surface area contributed by atoms with Crippen LogP contribution in [0.3, 0.4) is 0 Å². The summed E-state index contributed by atoms with van der Waals surface area (Å²) < 4.78 is 30.6. The minimum atomic E-state index is -3.85. The third-order valence-corrected chi connectivity index (χ3v) is 7.72. The molecule has 2 aromatic rings. The number of ether oxygens (including phenoxy) is 1. The third kappa shape index (κ3) is 5.13. The summed E-state index contributed by atoms with van der Waals surface area (Å²) in [5, 5.41) is 7.17. The van der Waals surface area contributed by atoms with Crippen LogP contribution in [0.5, 0.6) is 5.75 Å². The first-order valence-corrected chi connectivity index (χ1v) is 11.8. The second-order valence-corrected chi connectivity index (χ2v) is 9.90. The minimum Gasteiger partial charge on any atom is -0.497 e. The van der Waals surface area contributed by atoms with Crippen molar-refractivity contribution in [3.05, 3.63) is 54.1 Å².